The normalized spacial score (nSPS) is 12.4. The summed E-state index contributed by atoms with van der Waals surface area (Å²) in [4.78, 5) is 16.4. The number of carbonyl (C=O) groups is 1. The molecular formula is C19H23N3O3. The smallest absolute Gasteiger partial charge is 0.226 e. The maximum absolute atomic E-state index is 12.1. The first-order valence-electron chi connectivity index (χ1n) is 8.75. The van der Waals surface area contributed by atoms with Gasteiger partial charge >= 0.3 is 0 Å². The van der Waals surface area contributed by atoms with Crippen LogP contribution < -0.4 is 5.32 Å². The molecule has 0 aliphatic rings. The van der Waals surface area contributed by atoms with Crippen molar-refractivity contribution in [1.29, 1.82) is 0 Å². The number of carbonyl (C=O) groups excluding carboxylic acids is 1. The Kier molecular flexibility index (Phi) is 5.48. The molecule has 6 nitrogen and oxygen atoms in total. The zero-order valence-corrected chi connectivity index (χ0v) is 14.6. The summed E-state index contributed by atoms with van der Waals surface area (Å²) in [6.07, 6.45) is 3.51. The number of nitrogens with zero attached hydrogens (tertiary/aromatic N) is 2. The molecule has 25 heavy (non-hydrogen) atoms. The lowest BCUT2D eigenvalue weighted by Crippen LogP contribution is -2.26. The highest BCUT2D eigenvalue weighted by Crippen LogP contribution is 2.23. The number of amides is 1. The summed E-state index contributed by atoms with van der Waals surface area (Å²) in [5, 5.41) is 7.92. The summed E-state index contributed by atoms with van der Waals surface area (Å²) in [7, 11) is 0. The maximum Gasteiger partial charge on any atom is 0.226 e. The molecule has 0 spiro atoms. The Morgan fingerprint density at radius 1 is 1.28 bits per heavy atom. The molecule has 1 atom stereocenters. The minimum Gasteiger partial charge on any atom is -0.459 e. The van der Waals surface area contributed by atoms with Gasteiger partial charge in [-0.3, -0.25) is 4.79 Å². The third-order valence-corrected chi connectivity index (χ3v) is 4.03. The number of benzene rings is 1. The first kappa shape index (κ1) is 17.2. The monoisotopic (exact) mass is 341 g/mol. The minimum atomic E-state index is -0.167. The van der Waals surface area contributed by atoms with E-state index in [1.165, 1.54) is 0 Å². The number of aromatic nitrogens is 2. The summed E-state index contributed by atoms with van der Waals surface area (Å²) >= 11 is 0. The van der Waals surface area contributed by atoms with Crippen LogP contribution in [0, 0.1) is 0 Å². The van der Waals surface area contributed by atoms with E-state index in [-0.39, 0.29) is 11.9 Å². The highest BCUT2D eigenvalue weighted by atomic mass is 16.5. The van der Waals surface area contributed by atoms with Gasteiger partial charge in [0.2, 0.25) is 11.8 Å². The van der Waals surface area contributed by atoms with Crippen LogP contribution in [0.4, 0.5) is 0 Å². The Hall–Kier alpha value is -2.63. The van der Waals surface area contributed by atoms with Gasteiger partial charge < -0.3 is 14.3 Å². The summed E-state index contributed by atoms with van der Waals surface area (Å²) in [5.74, 6) is 2.08. The van der Waals surface area contributed by atoms with Crippen LogP contribution in [0.25, 0.3) is 11.0 Å². The van der Waals surface area contributed by atoms with Crippen molar-refractivity contribution < 1.29 is 13.7 Å². The molecule has 3 rings (SSSR count). The van der Waals surface area contributed by atoms with E-state index in [0.29, 0.717) is 25.2 Å². The SMILES string of the molecule is CCCc1noc(CCCC(=O)N[C@@H](C)c2cc3ccccc3o2)n1. The maximum atomic E-state index is 12.1. The van der Waals surface area contributed by atoms with Crippen LogP contribution in [0.3, 0.4) is 0 Å². The van der Waals surface area contributed by atoms with Crippen molar-refractivity contribution >= 4 is 16.9 Å². The fraction of sp³-hybridized carbons (Fsp3) is 0.421. The van der Waals surface area contributed by atoms with Crippen LogP contribution in [0.1, 0.15) is 56.6 Å². The van der Waals surface area contributed by atoms with Crippen molar-refractivity contribution in [1.82, 2.24) is 15.5 Å². The molecule has 0 saturated heterocycles. The van der Waals surface area contributed by atoms with Crippen LogP contribution in [-0.4, -0.2) is 16.0 Å². The topological polar surface area (TPSA) is 81.2 Å². The zero-order valence-electron chi connectivity index (χ0n) is 14.6. The average molecular weight is 341 g/mol. The number of aryl methyl sites for hydroxylation is 2. The molecule has 0 fully saturated rings. The van der Waals surface area contributed by atoms with E-state index < -0.39 is 0 Å². The Labute approximate surface area is 146 Å². The van der Waals surface area contributed by atoms with Gasteiger partial charge in [0.25, 0.3) is 0 Å². The van der Waals surface area contributed by atoms with E-state index in [4.69, 9.17) is 8.94 Å². The third kappa shape index (κ3) is 4.47. The van der Waals surface area contributed by atoms with Crippen molar-refractivity contribution in [2.24, 2.45) is 0 Å². The molecule has 1 N–H and O–H groups in total. The van der Waals surface area contributed by atoms with Crippen molar-refractivity contribution in [2.75, 3.05) is 0 Å². The molecule has 0 radical (unpaired) electrons. The summed E-state index contributed by atoms with van der Waals surface area (Å²) < 4.78 is 11.0. The van der Waals surface area contributed by atoms with Gasteiger partial charge in [0.1, 0.15) is 11.3 Å². The second kappa shape index (κ2) is 7.96. The fourth-order valence-electron chi connectivity index (χ4n) is 2.72. The van der Waals surface area contributed by atoms with E-state index in [0.717, 1.165) is 35.4 Å². The Morgan fingerprint density at radius 3 is 2.92 bits per heavy atom. The van der Waals surface area contributed by atoms with E-state index in [2.05, 4.69) is 22.4 Å². The number of rotatable bonds is 8. The Morgan fingerprint density at radius 2 is 2.12 bits per heavy atom. The van der Waals surface area contributed by atoms with Crippen molar-refractivity contribution in [2.45, 2.75) is 52.0 Å². The lowest BCUT2D eigenvalue weighted by molar-refractivity contribution is -0.121. The van der Waals surface area contributed by atoms with Gasteiger partial charge in [-0.15, -0.1) is 0 Å². The second-order valence-electron chi connectivity index (χ2n) is 6.18. The molecule has 1 amide bonds. The highest BCUT2D eigenvalue weighted by molar-refractivity contribution is 5.79. The van der Waals surface area contributed by atoms with Gasteiger partial charge in [-0.25, -0.2) is 0 Å². The Balaban J connectivity index is 1.46. The van der Waals surface area contributed by atoms with Gasteiger partial charge in [0, 0.05) is 24.6 Å². The molecule has 3 aromatic rings. The second-order valence-corrected chi connectivity index (χ2v) is 6.18. The number of hydrogen-bond donors (Lipinski definition) is 1. The van der Waals surface area contributed by atoms with E-state index in [1.807, 2.05) is 37.3 Å². The fourth-order valence-corrected chi connectivity index (χ4v) is 2.72. The molecular weight excluding hydrogens is 318 g/mol. The Bertz CT molecular complexity index is 804. The van der Waals surface area contributed by atoms with E-state index in [9.17, 15) is 4.79 Å². The van der Waals surface area contributed by atoms with Crippen molar-refractivity contribution in [3.05, 3.63) is 47.8 Å². The minimum absolute atomic E-state index is 0.0127. The number of nitrogens with one attached hydrogen (secondary N) is 1. The number of hydrogen-bond acceptors (Lipinski definition) is 5. The number of furan rings is 1. The van der Waals surface area contributed by atoms with Crippen LogP contribution in [-0.2, 0) is 17.6 Å². The largest absolute Gasteiger partial charge is 0.459 e. The molecule has 0 bridgehead atoms. The first-order valence-corrected chi connectivity index (χ1v) is 8.75. The van der Waals surface area contributed by atoms with Crippen molar-refractivity contribution in [3.63, 3.8) is 0 Å². The van der Waals surface area contributed by atoms with Crippen LogP contribution in [0.15, 0.2) is 39.3 Å². The average Bonchev–Trinajstić information content (AvgIpc) is 3.22. The number of para-hydroxylation sites is 1. The molecule has 0 aliphatic heterocycles. The van der Waals surface area contributed by atoms with Gasteiger partial charge in [0.05, 0.1) is 6.04 Å². The lowest BCUT2D eigenvalue weighted by atomic mass is 10.2. The third-order valence-electron chi connectivity index (χ3n) is 4.03. The predicted molar refractivity (Wildman–Crippen MR) is 94.0 cm³/mol. The van der Waals surface area contributed by atoms with Gasteiger partial charge in [-0.1, -0.05) is 30.3 Å². The van der Waals surface area contributed by atoms with Gasteiger partial charge in [-0.2, -0.15) is 4.98 Å². The molecule has 6 heteroatoms. The molecule has 0 unspecified atom stereocenters. The van der Waals surface area contributed by atoms with Crippen LogP contribution >= 0.6 is 0 Å². The molecule has 1 aromatic carbocycles. The predicted octanol–water partition coefficient (Wildman–Crippen LogP) is 3.97. The zero-order chi connectivity index (χ0) is 17.6. The lowest BCUT2D eigenvalue weighted by Gasteiger charge is -2.10. The van der Waals surface area contributed by atoms with Gasteiger partial charge in [0.15, 0.2) is 5.82 Å². The molecule has 2 heterocycles. The highest BCUT2D eigenvalue weighted by Gasteiger charge is 2.14. The molecule has 132 valence electrons. The standard InChI is InChI=1S/C19H23N3O3/c1-3-7-17-21-19(25-22-17)11-6-10-18(23)20-13(2)16-12-14-8-4-5-9-15(14)24-16/h4-5,8-9,12-13H,3,6-7,10-11H2,1-2H3,(H,20,23)/t13-/m0/s1. The quantitative estimate of drug-likeness (QED) is 0.670. The van der Waals surface area contributed by atoms with Gasteiger partial charge in [-0.05, 0) is 31.9 Å². The van der Waals surface area contributed by atoms with Crippen LogP contribution in [0.2, 0.25) is 0 Å². The summed E-state index contributed by atoms with van der Waals surface area (Å²) in [6, 6.07) is 9.61. The first-order chi connectivity index (χ1) is 12.2. The van der Waals surface area contributed by atoms with Crippen molar-refractivity contribution in [3.8, 4) is 0 Å². The summed E-state index contributed by atoms with van der Waals surface area (Å²) in [6.45, 7) is 3.99. The van der Waals surface area contributed by atoms with E-state index in [1.54, 1.807) is 0 Å². The van der Waals surface area contributed by atoms with E-state index >= 15 is 0 Å². The van der Waals surface area contributed by atoms with Crippen LogP contribution in [0.5, 0.6) is 0 Å². The molecule has 2 aromatic heterocycles. The molecule has 0 saturated carbocycles. The summed E-state index contributed by atoms with van der Waals surface area (Å²) in [5.41, 5.74) is 0.831. The molecule has 0 aliphatic carbocycles. The number of fused-ring (bicyclic) bond motifs is 1.